The van der Waals surface area contributed by atoms with Crippen LogP contribution >= 0.6 is 0 Å². The molecule has 3 fully saturated rings. The molecule has 1 aromatic carbocycles. The highest BCUT2D eigenvalue weighted by atomic mass is 16.3. The lowest BCUT2D eigenvalue weighted by Gasteiger charge is -2.56. The number of carbonyl (C=O) groups excluding carboxylic acids is 1. The van der Waals surface area contributed by atoms with E-state index in [1.165, 1.54) is 5.57 Å². The molecule has 0 aromatic heterocycles. The molecule has 0 amide bonds. The van der Waals surface area contributed by atoms with Crippen LogP contribution in [-0.4, -0.2) is 16.5 Å². The topological polar surface area (TPSA) is 63.3 Å². The van der Waals surface area contributed by atoms with E-state index in [0.717, 1.165) is 44.1 Å². The van der Waals surface area contributed by atoms with Crippen LogP contribution in [0.2, 0.25) is 0 Å². The summed E-state index contributed by atoms with van der Waals surface area (Å²) in [5, 5.41) is 11.8. The van der Waals surface area contributed by atoms with E-state index in [-0.39, 0.29) is 5.41 Å². The Morgan fingerprint density at radius 3 is 2.77 bits per heavy atom. The monoisotopic (exact) mass is 403 g/mol. The van der Waals surface area contributed by atoms with Gasteiger partial charge in [-0.25, -0.2) is 0 Å². The second kappa shape index (κ2) is 6.99. The lowest BCUT2D eigenvalue weighted by atomic mass is 9.48. The smallest absolute Gasteiger partial charge is 0.155 e. The zero-order valence-corrected chi connectivity index (χ0v) is 18.2. The fourth-order valence-electron chi connectivity index (χ4n) is 7.59. The van der Waals surface area contributed by atoms with E-state index in [1.807, 2.05) is 30.3 Å². The predicted molar refractivity (Wildman–Crippen MR) is 119 cm³/mol. The van der Waals surface area contributed by atoms with Gasteiger partial charge in [-0.2, -0.15) is 0 Å². The molecule has 3 nitrogen and oxygen atoms in total. The molecular formula is C27H33NO2. The normalized spacial score (nSPS) is 42.3. The summed E-state index contributed by atoms with van der Waals surface area (Å²) in [4.78, 5) is 12.0. The van der Waals surface area contributed by atoms with Gasteiger partial charge in [0.05, 0.1) is 0 Å². The molecule has 0 radical (unpaired) electrons. The average molecular weight is 404 g/mol. The van der Waals surface area contributed by atoms with E-state index in [1.54, 1.807) is 0 Å². The second-order valence-electron chi connectivity index (χ2n) is 10.6. The molecule has 0 bridgehead atoms. The van der Waals surface area contributed by atoms with Crippen LogP contribution in [0, 0.1) is 46.8 Å². The number of hydrogen-bond acceptors (Lipinski definition) is 3. The molecule has 3 saturated carbocycles. The van der Waals surface area contributed by atoms with Crippen molar-refractivity contribution in [3.05, 3.63) is 41.5 Å². The molecule has 0 aliphatic heterocycles. The summed E-state index contributed by atoms with van der Waals surface area (Å²) in [6.07, 6.45) is 8.69. The molecule has 0 saturated heterocycles. The van der Waals surface area contributed by atoms with Gasteiger partial charge in [-0.05, 0) is 86.3 Å². The maximum Gasteiger partial charge on any atom is 0.155 e. The zero-order valence-electron chi connectivity index (χ0n) is 18.2. The number of ketones is 1. The molecule has 0 unspecified atom stereocenters. The Morgan fingerprint density at radius 1 is 1.17 bits per heavy atom. The highest BCUT2D eigenvalue weighted by Gasteiger charge is 2.63. The Morgan fingerprint density at radius 2 is 1.97 bits per heavy atom. The Hall–Kier alpha value is -2.05. The van der Waals surface area contributed by atoms with Gasteiger partial charge in [0.25, 0.3) is 0 Å². The van der Waals surface area contributed by atoms with E-state index in [0.29, 0.717) is 47.5 Å². The second-order valence-corrected chi connectivity index (χ2v) is 10.6. The van der Waals surface area contributed by atoms with Crippen molar-refractivity contribution in [1.29, 1.82) is 0 Å². The van der Waals surface area contributed by atoms with E-state index in [9.17, 15) is 9.90 Å². The molecule has 3 N–H and O–H groups in total. The van der Waals surface area contributed by atoms with E-state index in [4.69, 9.17) is 5.73 Å². The van der Waals surface area contributed by atoms with Gasteiger partial charge in [-0.1, -0.05) is 43.4 Å². The SMILES string of the molecule is C[C@H]1CC2=CC(=O)CC[C@@H]2[C@@H]2CC[C@@]3(C)[C@H](CC[C@]3(O)C#Cc3ccccc3N)[C@@H]21. The van der Waals surface area contributed by atoms with Gasteiger partial charge in [0.1, 0.15) is 5.60 Å². The average Bonchev–Trinajstić information content (AvgIpc) is 2.98. The minimum Gasteiger partial charge on any atom is -0.398 e. The maximum absolute atomic E-state index is 12.0. The first kappa shape index (κ1) is 19.9. The molecule has 4 aliphatic carbocycles. The van der Waals surface area contributed by atoms with Gasteiger partial charge < -0.3 is 10.8 Å². The summed E-state index contributed by atoms with van der Waals surface area (Å²) < 4.78 is 0. The Labute approximate surface area is 180 Å². The summed E-state index contributed by atoms with van der Waals surface area (Å²) in [6, 6.07) is 7.65. The lowest BCUT2D eigenvalue weighted by Crippen LogP contribution is -2.54. The number of hydrogen-bond donors (Lipinski definition) is 2. The van der Waals surface area contributed by atoms with Crippen LogP contribution in [-0.2, 0) is 4.79 Å². The number of rotatable bonds is 0. The van der Waals surface area contributed by atoms with Gasteiger partial charge in [0, 0.05) is 23.1 Å². The summed E-state index contributed by atoms with van der Waals surface area (Å²) in [7, 11) is 0. The fraction of sp³-hybridized carbons (Fsp3) is 0.593. The predicted octanol–water partition coefficient (Wildman–Crippen LogP) is 4.74. The van der Waals surface area contributed by atoms with Crippen molar-refractivity contribution in [2.45, 2.75) is 64.4 Å². The third kappa shape index (κ3) is 2.88. The number of para-hydroxylation sites is 1. The summed E-state index contributed by atoms with van der Waals surface area (Å²) in [5.41, 5.74) is 7.83. The number of nitrogens with two attached hydrogens (primary N) is 1. The molecule has 4 aliphatic rings. The van der Waals surface area contributed by atoms with Crippen LogP contribution in [0.3, 0.4) is 0 Å². The Bertz CT molecular complexity index is 969. The Balaban J connectivity index is 1.46. The summed E-state index contributed by atoms with van der Waals surface area (Å²) >= 11 is 0. The number of fused-ring (bicyclic) bond motifs is 5. The number of allylic oxidation sites excluding steroid dienone is 1. The molecule has 0 spiro atoms. The van der Waals surface area contributed by atoms with E-state index in [2.05, 4.69) is 25.7 Å². The largest absolute Gasteiger partial charge is 0.398 e. The van der Waals surface area contributed by atoms with Crippen LogP contribution in [0.5, 0.6) is 0 Å². The molecular weight excluding hydrogens is 370 g/mol. The van der Waals surface area contributed by atoms with Crippen molar-refractivity contribution in [2.75, 3.05) is 5.73 Å². The molecule has 3 heteroatoms. The number of nitrogen functional groups attached to an aromatic ring is 1. The highest BCUT2D eigenvalue weighted by Crippen LogP contribution is 2.65. The first-order valence-corrected chi connectivity index (χ1v) is 11.7. The molecule has 0 heterocycles. The van der Waals surface area contributed by atoms with Crippen molar-refractivity contribution < 1.29 is 9.90 Å². The van der Waals surface area contributed by atoms with Crippen molar-refractivity contribution in [2.24, 2.45) is 35.0 Å². The van der Waals surface area contributed by atoms with Gasteiger partial charge in [-0.15, -0.1) is 0 Å². The van der Waals surface area contributed by atoms with Crippen LogP contribution in [0.1, 0.15) is 64.4 Å². The van der Waals surface area contributed by atoms with Crippen molar-refractivity contribution in [3.8, 4) is 11.8 Å². The summed E-state index contributed by atoms with van der Waals surface area (Å²) in [6.45, 7) is 4.65. The van der Waals surface area contributed by atoms with Gasteiger partial charge >= 0.3 is 0 Å². The fourth-order valence-corrected chi connectivity index (χ4v) is 7.59. The quantitative estimate of drug-likeness (QED) is 0.486. The van der Waals surface area contributed by atoms with Crippen molar-refractivity contribution >= 4 is 11.5 Å². The Kier molecular flexibility index (Phi) is 4.63. The molecule has 1 aromatic rings. The first-order valence-electron chi connectivity index (χ1n) is 11.7. The van der Waals surface area contributed by atoms with Gasteiger partial charge in [0.2, 0.25) is 0 Å². The molecule has 7 atom stereocenters. The maximum atomic E-state index is 12.0. The first-order chi connectivity index (χ1) is 14.3. The van der Waals surface area contributed by atoms with E-state index < -0.39 is 5.60 Å². The number of carbonyl (C=O) groups is 1. The standard InChI is InChI=1S/C27H33NO2/c1-17-15-19-16-20(29)7-8-21(19)22-10-12-26(2)23(25(17)22)11-14-27(26,30)13-9-18-5-3-4-6-24(18)28/h3-6,16-17,21-23,25,30H,7-8,10-12,14-15,28H2,1-2H3/t17-,21-,22-,23+,25+,26-,27+/m0/s1. The third-order valence-electron chi connectivity index (χ3n) is 9.16. The third-order valence-corrected chi connectivity index (χ3v) is 9.16. The van der Waals surface area contributed by atoms with Gasteiger partial charge in [0.15, 0.2) is 5.78 Å². The van der Waals surface area contributed by atoms with E-state index >= 15 is 0 Å². The van der Waals surface area contributed by atoms with Crippen LogP contribution in [0.15, 0.2) is 35.9 Å². The summed E-state index contributed by atoms with van der Waals surface area (Å²) in [5.74, 6) is 9.75. The van der Waals surface area contributed by atoms with Crippen LogP contribution < -0.4 is 5.73 Å². The molecule has 30 heavy (non-hydrogen) atoms. The number of aliphatic hydroxyl groups is 1. The minimum absolute atomic E-state index is 0.176. The lowest BCUT2D eigenvalue weighted by molar-refractivity contribution is -0.117. The molecule has 158 valence electrons. The van der Waals surface area contributed by atoms with Gasteiger partial charge in [-0.3, -0.25) is 4.79 Å². The van der Waals surface area contributed by atoms with Crippen molar-refractivity contribution in [1.82, 2.24) is 0 Å². The highest BCUT2D eigenvalue weighted by molar-refractivity contribution is 5.91. The zero-order chi connectivity index (χ0) is 21.1. The van der Waals surface area contributed by atoms with Crippen molar-refractivity contribution in [3.63, 3.8) is 0 Å². The number of anilines is 1. The number of benzene rings is 1. The molecule has 5 rings (SSSR count). The van der Waals surface area contributed by atoms with Crippen LogP contribution in [0.4, 0.5) is 5.69 Å². The van der Waals surface area contributed by atoms with Crippen LogP contribution in [0.25, 0.3) is 0 Å². The minimum atomic E-state index is -0.955.